The van der Waals surface area contributed by atoms with Crippen LogP contribution in [0.25, 0.3) is 0 Å². The van der Waals surface area contributed by atoms with E-state index in [4.69, 9.17) is 11.6 Å². The molecule has 2 rings (SSSR count). The number of hydrogen-bond acceptors (Lipinski definition) is 3. The maximum Gasteiger partial charge on any atom is 0.417 e. The number of phenolic OH excluding ortho intramolecular Hbond substituents is 1. The molecule has 8 heteroatoms. The first-order valence-electron chi connectivity index (χ1n) is 6.67. The minimum atomic E-state index is -4.69. The predicted molar refractivity (Wildman–Crippen MR) is 73.6 cm³/mol. The molecule has 0 atom stereocenters. The van der Waals surface area contributed by atoms with Gasteiger partial charge in [0.15, 0.2) is 5.60 Å². The van der Waals surface area contributed by atoms with Crippen molar-refractivity contribution in [2.75, 3.05) is 13.1 Å². The second-order valence-electron chi connectivity index (χ2n) is 5.36. The van der Waals surface area contributed by atoms with Gasteiger partial charge in [0, 0.05) is 31.0 Å². The molecule has 4 nitrogen and oxygen atoms in total. The third-order valence-electron chi connectivity index (χ3n) is 3.85. The van der Waals surface area contributed by atoms with E-state index in [1.54, 1.807) is 0 Å². The Labute approximate surface area is 130 Å². The zero-order chi connectivity index (χ0) is 16.5. The van der Waals surface area contributed by atoms with Gasteiger partial charge in [0.2, 0.25) is 5.91 Å². The standard InChI is InChI=1S/C14H15ClF3NO3/c15-11-8-10(20)2-1-9(11)7-12(21)19-5-3-13(22,4-6-19)14(16,17)18/h1-2,8,20,22H,3-7H2. The van der Waals surface area contributed by atoms with Gasteiger partial charge in [0.1, 0.15) is 5.75 Å². The van der Waals surface area contributed by atoms with E-state index in [1.807, 2.05) is 0 Å². The number of likely N-dealkylation sites (tertiary alicyclic amines) is 1. The molecule has 22 heavy (non-hydrogen) atoms. The summed E-state index contributed by atoms with van der Waals surface area (Å²) in [4.78, 5) is 13.4. The summed E-state index contributed by atoms with van der Waals surface area (Å²) in [6.07, 6.45) is -5.83. The molecular weight excluding hydrogens is 323 g/mol. The third-order valence-corrected chi connectivity index (χ3v) is 4.20. The van der Waals surface area contributed by atoms with Crippen LogP contribution in [0.4, 0.5) is 13.2 Å². The summed E-state index contributed by atoms with van der Waals surface area (Å²) in [7, 11) is 0. The topological polar surface area (TPSA) is 60.8 Å². The van der Waals surface area contributed by atoms with Crippen LogP contribution in [0.15, 0.2) is 18.2 Å². The van der Waals surface area contributed by atoms with Crippen LogP contribution < -0.4 is 0 Å². The fourth-order valence-corrected chi connectivity index (χ4v) is 2.61. The number of rotatable bonds is 2. The summed E-state index contributed by atoms with van der Waals surface area (Å²) < 4.78 is 38.1. The van der Waals surface area contributed by atoms with Crippen LogP contribution in [0.3, 0.4) is 0 Å². The molecule has 1 aliphatic rings. The van der Waals surface area contributed by atoms with Gasteiger partial charge in [-0.2, -0.15) is 13.2 Å². The van der Waals surface area contributed by atoms with Crippen molar-refractivity contribution in [1.29, 1.82) is 0 Å². The lowest BCUT2D eigenvalue weighted by Crippen LogP contribution is -2.54. The van der Waals surface area contributed by atoms with Crippen LogP contribution in [-0.4, -0.2) is 45.9 Å². The van der Waals surface area contributed by atoms with Gasteiger partial charge in [-0.05, 0) is 17.7 Å². The molecule has 1 aromatic carbocycles. The van der Waals surface area contributed by atoms with E-state index < -0.39 is 24.6 Å². The Balaban J connectivity index is 1.98. The molecule has 0 aliphatic carbocycles. The van der Waals surface area contributed by atoms with Crippen molar-refractivity contribution >= 4 is 17.5 Å². The summed E-state index contributed by atoms with van der Waals surface area (Å²) in [5, 5.41) is 19.0. The number of aliphatic hydroxyl groups is 1. The second-order valence-corrected chi connectivity index (χ2v) is 5.77. The van der Waals surface area contributed by atoms with Crippen molar-refractivity contribution < 1.29 is 28.2 Å². The Kier molecular flexibility index (Phi) is 4.58. The number of alkyl halides is 3. The molecule has 0 saturated carbocycles. The Bertz CT molecular complexity index is 569. The first-order valence-corrected chi connectivity index (χ1v) is 7.04. The van der Waals surface area contributed by atoms with E-state index in [-0.39, 0.29) is 36.2 Å². The number of piperidine rings is 1. The zero-order valence-electron chi connectivity index (χ0n) is 11.5. The Morgan fingerprint density at radius 3 is 2.41 bits per heavy atom. The van der Waals surface area contributed by atoms with E-state index in [0.717, 1.165) is 0 Å². The first-order chi connectivity index (χ1) is 10.1. The van der Waals surface area contributed by atoms with E-state index >= 15 is 0 Å². The number of phenols is 1. The Hall–Kier alpha value is -1.47. The number of hydrogen-bond donors (Lipinski definition) is 2. The summed E-state index contributed by atoms with van der Waals surface area (Å²) >= 11 is 5.90. The number of carbonyl (C=O) groups excluding carboxylic acids is 1. The SMILES string of the molecule is O=C(Cc1ccc(O)cc1Cl)N1CCC(O)(C(F)(F)F)CC1. The van der Waals surface area contributed by atoms with Crippen molar-refractivity contribution in [2.24, 2.45) is 0 Å². The van der Waals surface area contributed by atoms with Crippen LogP contribution >= 0.6 is 11.6 Å². The number of amides is 1. The average molecular weight is 338 g/mol. The monoisotopic (exact) mass is 337 g/mol. The quantitative estimate of drug-likeness (QED) is 0.871. The van der Waals surface area contributed by atoms with Gasteiger partial charge in [-0.15, -0.1) is 0 Å². The molecule has 0 radical (unpaired) electrons. The van der Waals surface area contributed by atoms with Crippen molar-refractivity contribution in [3.05, 3.63) is 28.8 Å². The number of halogens is 4. The maximum absolute atomic E-state index is 12.7. The molecule has 1 saturated heterocycles. The van der Waals surface area contributed by atoms with E-state index in [9.17, 15) is 28.2 Å². The number of aromatic hydroxyl groups is 1. The molecule has 1 fully saturated rings. The van der Waals surface area contributed by atoms with Gasteiger partial charge in [0.25, 0.3) is 0 Å². The van der Waals surface area contributed by atoms with Gasteiger partial charge in [0.05, 0.1) is 6.42 Å². The second kappa shape index (κ2) is 5.96. The zero-order valence-corrected chi connectivity index (χ0v) is 12.3. The fraction of sp³-hybridized carbons (Fsp3) is 0.500. The van der Waals surface area contributed by atoms with Gasteiger partial charge in [-0.25, -0.2) is 0 Å². The number of carbonyl (C=O) groups is 1. The normalized spacial score (nSPS) is 18.3. The molecule has 0 aromatic heterocycles. The lowest BCUT2D eigenvalue weighted by molar-refractivity contribution is -0.272. The minimum absolute atomic E-state index is 0.0330. The van der Waals surface area contributed by atoms with E-state index in [0.29, 0.717) is 5.56 Å². The van der Waals surface area contributed by atoms with Crippen molar-refractivity contribution in [2.45, 2.75) is 31.0 Å². The van der Waals surface area contributed by atoms with Crippen LogP contribution in [0.1, 0.15) is 18.4 Å². The molecular formula is C14H15ClF3NO3. The lowest BCUT2D eigenvalue weighted by Gasteiger charge is -2.39. The molecule has 0 unspecified atom stereocenters. The lowest BCUT2D eigenvalue weighted by atomic mass is 9.90. The third kappa shape index (κ3) is 3.47. The molecule has 1 aliphatic heterocycles. The van der Waals surface area contributed by atoms with Crippen LogP contribution in [-0.2, 0) is 11.2 Å². The van der Waals surface area contributed by atoms with Gasteiger partial charge < -0.3 is 15.1 Å². The highest BCUT2D eigenvalue weighted by Crippen LogP contribution is 2.38. The van der Waals surface area contributed by atoms with Gasteiger partial charge in [-0.3, -0.25) is 4.79 Å². The molecule has 0 bridgehead atoms. The van der Waals surface area contributed by atoms with Crippen LogP contribution in [0.5, 0.6) is 5.75 Å². The van der Waals surface area contributed by atoms with E-state index in [1.165, 1.54) is 23.1 Å². The van der Waals surface area contributed by atoms with Gasteiger partial charge >= 0.3 is 6.18 Å². The molecule has 1 aromatic rings. The average Bonchev–Trinajstić information content (AvgIpc) is 2.41. The van der Waals surface area contributed by atoms with Crippen LogP contribution in [0.2, 0.25) is 5.02 Å². The smallest absolute Gasteiger partial charge is 0.417 e. The molecule has 1 amide bonds. The van der Waals surface area contributed by atoms with Gasteiger partial charge in [-0.1, -0.05) is 17.7 Å². The molecule has 1 heterocycles. The van der Waals surface area contributed by atoms with E-state index in [2.05, 4.69) is 0 Å². The molecule has 122 valence electrons. The highest BCUT2D eigenvalue weighted by atomic mass is 35.5. The Morgan fingerprint density at radius 1 is 1.32 bits per heavy atom. The molecule has 2 N–H and O–H groups in total. The number of nitrogens with zero attached hydrogens (tertiary/aromatic N) is 1. The maximum atomic E-state index is 12.7. The highest BCUT2D eigenvalue weighted by molar-refractivity contribution is 6.31. The van der Waals surface area contributed by atoms with Crippen molar-refractivity contribution in [1.82, 2.24) is 4.90 Å². The first kappa shape index (κ1) is 16.9. The summed E-state index contributed by atoms with van der Waals surface area (Å²) in [5.41, 5.74) is -2.24. The minimum Gasteiger partial charge on any atom is -0.508 e. The van der Waals surface area contributed by atoms with Crippen molar-refractivity contribution in [3.8, 4) is 5.75 Å². The van der Waals surface area contributed by atoms with Crippen molar-refractivity contribution in [3.63, 3.8) is 0 Å². The number of benzene rings is 1. The summed E-state index contributed by atoms with van der Waals surface area (Å²) in [5.74, 6) is -0.397. The largest absolute Gasteiger partial charge is 0.508 e. The fourth-order valence-electron chi connectivity index (χ4n) is 2.36. The predicted octanol–water partition coefficient (Wildman–Crippen LogP) is 2.50. The summed E-state index contributed by atoms with van der Waals surface area (Å²) in [6, 6.07) is 4.17. The molecule has 0 spiro atoms. The highest BCUT2D eigenvalue weighted by Gasteiger charge is 2.54. The Morgan fingerprint density at radius 2 is 1.91 bits per heavy atom. The summed E-state index contributed by atoms with van der Waals surface area (Å²) in [6.45, 7) is -0.324. The van der Waals surface area contributed by atoms with Crippen LogP contribution in [0, 0.1) is 0 Å².